The summed E-state index contributed by atoms with van der Waals surface area (Å²) in [4.78, 5) is 24.4. The van der Waals surface area contributed by atoms with Gasteiger partial charge in [0.1, 0.15) is 23.3 Å². The average molecular weight is 479 g/mol. The molecule has 0 aliphatic carbocycles. The van der Waals surface area contributed by atoms with Crippen molar-refractivity contribution in [1.82, 2.24) is 19.9 Å². The third kappa shape index (κ3) is 5.45. The van der Waals surface area contributed by atoms with Crippen molar-refractivity contribution in [2.45, 2.75) is 32.5 Å². The molecule has 0 aromatic carbocycles. The summed E-state index contributed by atoms with van der Waals surface area (Å²) < 4.78 is 47.0. The van der Waals surface area contributed by atoms with Gasteiger partial charge in [-0.2, -0.15) is 18.4 Å². The second-order valence-corrected chi connectivity index (χ2v) is 8.79. The summed E-state index contributed by atoms with van der Waals surface area (Å²) in [5.74, 6) is 0.257. The summed E-state index contributed by atoms with van der Waals surface area (Å²) in [5.41, 5.74) is -2.84. The van der Waals surface area contributed by atoms with Gasteiger partial charge in [0.05, 0.1) is 36.8 Å². The standard InChI is InChI=1S/C21H24F3N7O3/c1-19(2,3)20(12-31(18(32)33)4-5-34-20)11-29-15-6-16(28-9-14(15)21(22,23)24)30-17-10-26-13(7-25)8-27-17/h6,8-10H,4-5,11-12H2,1-3H3,(H,32,33)(H2,27,28,29,30). The van der Waals surface area contributed by atoms with E-state index in [9.17, 15) is 23.1 Å². The molecular formula is C21H24F3N7O3. The molecule has 10 nitrogen and oxygen atoms in total. The van der Waals surface area contributed by atoms with Crippen molar-refractivity contribution >= 4 is 23.4 Å². The van der Waals surface area contributed by atoms with Gasteiger partial charge in [0.2, 0.25) is 0 Å². The lowest BCUT2D eigenvalue weighted by Gasteiger charge is -2.49. The Bertz CT molecular complexity index is 1080. The van der Waals surface area contributed by atoms with Gasteiger partial charge in [0.25, 0.3) is 0 Å². The maximum atomic E-state index is 13.7. The fourth-order valence-electron chi connectivity index (χ4n) is 3.49. The van der Waals surface area contributed by atoms with Crippen LogP contribution in [-0.2, 0) is 10.9 Å². The van der Waals surface area contributed by atoms with Crippen LogP contribution in [0.1, 0.15) is 32.0 Å². The van der Waals surface area contributed by atoms with Crippen LogP contribution in [0.3, 0.4) is 0 Å². The Labute approximate surface area is 193 Å². The summed E-state index contributed by atoms with van der Waals surface area (Å²) in [5, 5.41) is 23.8. The van der Waals surface area contributed by atoms with E-state index in [4.69, 9.17) is 10.00 Å². The van der Waals surface area contributed by atoms with Gasteiger partial charge in [-0.15, -0.1) is 0 Å². The van der Waals surface area contributed by atoms with E-state index < -0.39 is 28.8 Å². The van der Waals surface area contributed by atoms with E-state index in [0.29, 0.717) is 6.20 Å². The van der Waals surface area contributed by atoms with Crippen LogP contribution in [0, 0.1) is 16.7 Å². The summed E-state index contributed by atoms with van der Waals surface area (Å²) in [6.07, 6.45) is -2.63. The van der Waals surface area contributed by atoms with Crippen LogP contribution < -0.4 is 10.6 Å². The minimum Gasteiger partial charge on any atom is -0.465 e. The largest absolute Gasteiger partial charge is 0.465 e. The number of hydrogen-bond donors (Lipinski definition) is 3. The van der Waals surface area contributed by atoms with Gasteiger partial charge in [0.15, 0.2) is 5.69 Å². The van der Waals surface area contributed by atoms with Crippen molar-refractivity contribution in [1.29, 1.82) is 5.26 Å². The zero-order valence-electron chi connectivity index (χ0n) is 18.8. The van der Waals surface area contributed by atoms with Gasteiger partial charge in [-0.25, -0.2) is 19.7 Å². The molecule has 1 saturated heterocycles. The Morgan fingerprint density at radius 3 is 2.50 bits per heavy atom. The zero-order valence-corrected chi connectivity index (χ0v) is 18.8. The Morgan fingerprint density at radius 2 is 1.94 bits per heavy atom. The van der Waals surface area contributed by atoms with Gasteiger partial charge in [-0.05, 0) is 5.41 Å². The van der Waals surface area contributed by atoms with Crippen LogP contribution in [0.2, 0.25) is 0 Å². The van der Waals surface area contributed by atoms with Gasteiger partial charge in [-0.1, -0.05) is 20.8 Å². The zero-order chi connectivity index (χ0) is 25.1. The lowest BCUT2D eigenvalue weighted by molar-refractivity contribution is -0.150. The number of nitrogens with one attached hydrogen (secondary N) is 2. The predicted molar refractivity (Wildman–Crippen MR) is 115 cm³/mol. The number of carbonyl (C=O) groups is 1. The first-order valence-electron chi connectivity index (χ1n) is 10.3. The summed E-state index contributed by atoms with van der Waals surface area (Å²) in [6.45, 7) is 5.74. The molecule has 34 heavy (non-hydrogen) atoms. The smallest absolute Gasteiger partial charge is 0.419 e. The van der Waals surface area contributed by atoms with E-state index in [0.717, 1.165) is 0 Å². The van der Waals surface area contributed by atoms with Gasteiger partial charge in [-0.3, -0.25) is 0 Å². The normalized spacial score (nSPS) is 18.8. The highest BCUT2D eigenvalue weighted by Crippen LogP contribution is 2.39. The van der Waals surface area contributed by atoms with E-state index in [1.165, 1.54) is 23.4 Å². The molecule has 2 aromatic heterocycles. The Hall–Kier alpha value is -3.66. The minimum atomic E-state index is -4.68. The average Bonchev–Trinajstić information content (AvgIpc) is 2.77. The molecule has 2 aromatic rings. The van der Waals surface area contributed by atoms with Crippen molar-refractivity contribution in [3.8, 4) is 6.07 Å². The fraction of sp³-hybridized carbons (Fsp3) is 0.476. The molecule has 0 spiro atoms. The number of aromatic nitrogens is 3. The van der Waals surface area contributed by atoms with Crippen LogP contribution in [0.5, 0.6) is 0 Å². The Morgan fingerprint density at radius 1 is 1.24 bits per heavy atom. The third-order valence-electron chi connectivity index (χ3n) is 5.62. The maximum Gasteiger partial charge on any atom is 0.419 e. The first-order valence-corrected chi connectivity index (χ1v) is 10.3. The number of carboxylic acid groups (broad SMARTS) is 1. The second-order valence-electron chi connectivity index (χ2n) is 8.79. The SMILES string of the molecule is CC(C)(C)C1(CNc2cc(Nc3cnc(C#N)cn3)ncc2C(F)(F)F)CN(C(=O)O)CCO1. The topological polar surface area (TPSA) is 136 Å². The number of halogens is 3. The predicted octanol–water partition coefficient (Wildman–Crippen LogP) is 3.71. The number of alkyl halides is 3. The molecule has 13 heteroatoms. The summed E-state index contributed by atoms with van der Waals surface area (Å²) in [6, 6.07) is 3.00. The Kier molecular flexibility index (Phi) is 6.83. The first kappa shape index (κ1) is 25.0. The minimum absolute atomic E-state index is 0.00277. The van der Waals surface area contributed by atoms with Gasteiger partial charge in [0, 0.05) is 25.4 Å². The molecule has 182 valence electrons. The lowest BCUT2D eigenvalue weighted by Crippen LogP contribution is -2.62. The monoisotopic (exact) mass is 479 g/mol. The number of rotatable bonds is 5. The molecule has 1 aliphatic rings. The number of ether oxygens (including phenoxy) is 1. The molecule has 1 fully saturated rings. The van der Waals surface area contributed by atoms with E-state index in [-0.39, 0.29) is 49.3 Å². The number of nitriles is 1. The molecule has 1 unspecified atom stereocenters. The second kappa shape index (κ2) is 9.30. The molecule has 1 amide bonds. The molecule has 3 heterocycles. The van der Waals surface area contributed by atoms with Crippen LogP contribution in [0.4, 0.5) is 35.3 Å². The molecule has 0 bridgehead atoms. The highest BCUT2D eigenvalue weighted by Gasteiger charge is 2.48. The summed E-state index contributed by atoms with van der Waals surface area (Å²) in [7, 11) is 0. The van der Waals surface area contributed by atoms with E-state index in [2.05, 4.69) is 25.6 Å². The quantitative estimate of drug-likeness (QED) is 0.586. The number of morpholine rings is 1. The number of anilines is 3. The number of pyridine rings is 1. The highest BCUT2D eigenvalue weighted by atomic mass is 19.4. The van der Waals surface area contributed by atoms with Crippen LogP contribution in [0.15, 0.2) is 24.7 Å². The first-order chi connectivity index (χ1) is 15.8. The third-order valence-corrected chi connectivity index (χ3v) is 5.62. The Balaban J connectivity index is 1.90. The van der Waals surface area contributed by atoms with Crippen LogP contribution in [0.25, 0.3) is 0 Å². The molecule has 0 saturated carbocycles. The van der Waals surface area contributed by atoms with Gasteiger partial charge < -0.3 is 25.4 Å². The lowest BCUT2D eigenvalue weighted by atomic mass is 9.75. The van der Waals surface area contributed by atoms with Crippen molar-refractivity contribution in [2.24, 2.45) is 5.41 Å². The molecular weight excluding hydrogens is 455 g/mol. The fourth-order valence-corrected chi connectivity index (χ4v) is 3.49. The van der Waals surface area contributed by atoms with Crippen molar-refractivity contribution in [3.05, 3.63) is 35.9 Å². The molecule has 3 rings (SSSR count). The number of nitrogens with zero attached hydrogens (tertiary/aromatic N) is 5. The molecule has 1 atom stereocenters. The van der Waals surface area contributed by atoms with Crippen molar-refractivity contribution in [3.63, 3.8) is 0 Å². The van der Waals surface area contributed by atoms with Crippen molar-refractivity contribution < 1.29 is 27.8 Å². The molecule has 1 aliphatic heterocycles. The van der Waals surface area contributed by atoms with Crippen LogP contribution >= 0.6 is 0 Å². The van der Waals surface area contributed by atoms with Crippen LogP contribution in [-0.4, -0.2) is 62.9 Å². The van der Waals surface area contributed by atoms with E-state index in [1.54, 1.807) is 0 Å². The van der Waals surface area contributed by atoms with Gasteiger partial charge >= 0.3 is 12.3 Å². The number of amides is 1. The molecule has 3 N–H and O–H groups in total. The summed E-state index contributed by atoms with van der Waals surface area (Å²) >= 11 is 0. The highest BCUT2D eigenvalue weighted by molar-refractivity contribution is 5.65. The molecule has 0 radical (unpaired) electrons. The van der Waals surface area contributed by atoms with E-state index in [1.807, 2.05) is 26.8 Å². The van der Waals surface area contributed by atoms with E-state index >= 15 is 0 Å². The number of hydrogen-bond acceptors (Lipinski definition) is 8. The van der Waals surface area contributed by atoms with Crippen molar-refractivity contribution in [2.75, 3.05) is 36.9 Å². The maximum absolute atomic E-state index is 13.7.